The van der Waals surface area contributed by atoms with Crippen LogP contribution < -0.4 is 10.1 Å². The molecular formula is C13H17ClF2N2O2. The van der Waals surface area contributed by atoms with Gasteiger partial charge >= 0.3 is 6.61 Å². The molecule has 1 aromatic rings. The molecule has 1 saturated heterocycles. The molecule has 0 aromatic heterocycles. The van der Waals surface area contributed by atoms with Crippen molar-refractivity contribution in [3.8, 4) is 5.75 Å². The minimum Gasteiger partial charge on any atom is -0.435 e. The number of carbonyl (C=O) groups is 1. The first-order chi connectivity index (χ1) is 9.16. The number of halogens is 3. The van der Waals surface area contributed by atoms with E-state index in [0.29, 0.717) is 18.7 Å². The van der Waals surface area contributed by atoms with E-state index in [4.69, 9.17) is 0 Å². The molecule has 1 aromatic carbocycles. The van der Waals surface area contributed by atoms with Gasteiger partial charge < -0.3 is 15.0 Å². The van der Waals surface area contributed by atoms with E-state index in [9.17, 15) is 13.6 Å². The molecule has 4 nitrogen and oxygen atoms in total. The van der Waals surface area contributed by atoms with E-state index in [1.807, 2.05) is 0 Å². The molecule has 1 heterocycles. The standard InChI is InChI=1S/C13H16F2N2O2.ClH/c14-13(15)19-11-4-1-3-10(9-11)12(18)17-7-2-5-16-6-8-17;/h1,3-4,9,13,16H,2,5-8H2;1H. The van der Waals surface area contributed by atoms with Gasteiger partial charge in [0.05, 0.1) is 0 Å². The maximum absolute atomic E-state index is 12.2. The lowest BCUT2D eigenvalue weighted by Gasteiger charge is -2.20. The number of amides is 1. The Morgan fingerprint density at radius 2 is 2.10 bits per heavy atom. The van der Waals surface area contributed by atoms with E-state index >= 15 is 0 Å². The highest BCUT2D eigenvalue weighted by molar-refractivity contribution is 5.94. The first-order valence-electron chi connectivity index (χ1n) is 6.21. The molecule has 7 heteroatoms. The lowest BCUT2D eigenvalue weighted by molar-refractivity contribution is -0.0499. The average Bonchev–Trinajstić information content (AvgIpc) is 2.66. The first kappa shape index (κ1) is 16.7. The maximum atomic E-state index is 12.2. The highest BCUT2D eigenvalue weighted by Crippen LogP contribution is 2.17. The smallest absolute Gasteiger partial charge is 0.387 e. The van der Waals surface area contributed by atoms with E-state index < -0.39 is 6.61 Å². The number of rotatable bonds is 3. The predicted octanol–water partition coefficient (Wildman–Crippen LogP) is 2.15. The van der Waals surface area contributed by atoms with Gasteiger partial charge in [-0.3, -0.25) is 4.79 Å². The van der Waals surface area contributed by atoms with E-state index in [-0.39, 0.29) is 24.1 Å². The van der Waals surface area contributed by atoms with Crippen LogP contribution in [-0.2, 0) is 0 Å². The van der Waals surface area contributed by atoms with E-state index in [2.05, 4.69) is 10.1 Å². The zero-order chi connectivity index (χ0) is 13.7. The number of ether oxygens (including phenoxy) is 1. The van der Waals surface area contributed by atoms with Gasteiger partial charge in [0.25, 0.3) is 5.91 Å². The van der Waals surface area contributed by atoms with Crippen LogP contribution in [0, 0.1) is 0 Å². The molecule has 0 spiro atoms. The summed E-state index contributed by atoms with van der Waals surface area (Å²) in [6, 6.07) is 5.92. The molecule has 1 aliphatic rings. The SMILES string of the molecule is Cl.O=C(c1cccc(OC(F)F)c1)N1CCCNCC1. The molecule has 112 valence electrons. The molecule has 1 aliphatic heterocycles. The number of alkyl halides is 2. The third-order valence-electron chi connectivity index (χ3n) is 2.93. The number of hydrogen-bond donors (Lipinski definition) is 1. The summed E-state index contributed by atoms with van der Waals surface area (Å²) in [6.45, 7) is 0.0506. The predicted molar refractivity (Wildman–Crippen MR) is 73.7 cm³/mol. The van der Waals surface area contributed by atoms with Crippen LogP contribution >= 0.6 is 12.4 Å². The Morgan fingerprint density at radius 1 is 1.30 bits per heavy atom. The Hall–Kier alpha value is -1.40. The fourth-order valence-electron chi connectivity index (χ4n) is 2.04. The van der Waals surface area contributed by atoms with E-state index in [0.717, 1.165) is 19.5 Å². The minimum absolute atomic E-state index is 0. The monoisotopic (exact) mass is 306 g/mol. The second-order valence-corrected chi connectivity index (χ2v) is 4.30. The first-order valence-corrected chi connectivity index (χ1v) is 6.21. The fraction of sp³-hybridized carbons (Fsp3) is 0.462. The minimum atomic E-state index is -2.88. The number of benzene rings is 1. The Bertz CT molecular complexity index is 438. The zero-order valence-corrected chi connectivity index (χ0v) is 11.7. The van der Waals surface area contributed by atoms with Crippen LogP contribution in [0.1, 0.15) is 16.8 Å². The van der Waals surface area contributed by atoms with Crippen molar-refractivity contribution in [3.63, 3.8) is 0 Å². The van der Waals surface area contributed by atoms with Gasteiger partial charge in [-0.25, -0.2) is 0 Å². The lowest BCUT2D eigenvalue weighted by atomic mass is 10.2. The third kappa shape index (κ3) is 4.61. The molecular weight excluding hydrogens is 290 g/mol. The summed E-state index contributed by atoms with van der Waals surface area (Å²) in [5.74, 6) is -0.141. The van der Waals surface area contributed by atoms with Crippen molar-refractivity contribution in [1.82, 2.24) is 10.2 Å². The molecule has 20 heavy (non-hydrogen) atoms. The van der Waals surface area contributed by atoms with Crippen molar-refractivity contribution >= 4 is 18.3 Å². The van der Waals surface area contributed by atoms with Crippen molar-refractivity contribution in [3.05, 3.63) is 29.8 Å². The van der Waals surface area contributed by atoms with Gasteiger partial charge in [-0.2, -0.15) is 8.78 Å². The van der Waals surface area contributed by atoms with Crippen molar-refractivity contribution in [2.75, 3.05) is 26.2 Å². The van der Waals surface area contributed by atoms with Crippen LogP contribution in [-0.4, -0.2) is 43.6 Å². The Morgan fingerprint density at radius 3 is 2.85 bits per heavy atom. The van der Waals surface area contributed by atoms with Crippen molar-refractivity contribution in [1.29, 1.82) is 0 Å². The van der Waals surface area contributed by atoms with E-state index in [1.54, 1.807) is 17.0 Å². The van der Waals surface area contributed by atoms with Gasteiger partial charge in [0.1, 0.15) is 5.75 Å². The van der Waals surface area contributed by atoms with E-state index in [1.165, 1.54) is 12.1 Å². The van der Waals surface area contributed by atoms with Gasteiger partial charge in [0, 0.05) is 25.2 Å². The summed E-state index contributed by atoms with van der Waals surface area (Å²) in [5, 5.41) is 3.20. The molecule has 0 saturated carbocycles. The molecule has 0 atom stereocenters. The summed E-state index contributed by atoms with van der Waals surface area (Å²) in [6.07, 6.45) is 0.888. The highest BCUT2D eigenvalue weighted by atomic mass is 35.5. The second kappa shape index (κ2) is 8.01. The zero-order valence-electron chi connectivity index (χ0n) is 10.9. The second-order valence-electron chi connectivity index (χ2n) is 4.30. The quantitative estimate of drug-likeness (QED) is 0.930. The van der Waals surface area contributed by atoms with Crippen molar-refractivity contribution in [2.24, 2.45) is 0 Å². The summed E-state index contributed by atoms with van der Waals surface area (Å²) in [4.78, 5) is 14.0. The Kier molecular flexibility index (Phi) is 6.67. The van der Waals surface area contributed by atoms with Crippen LogP contribution in [0.25, 0.3) is 0 Å². The molecule has 1 fully saturated rings. The summed E-state index contributed by atoms with van der Waals surface area (Å²) in [5.41, 5.74) is 0.375. The number of hydrogen-bond acceptors (Lipinski definition) is 3. The van der Waals surface area contributed by atoms with Crippen LogP contribution in [0.3, 0.4) is 0 Å². The van der Waals surface area contributed by atoms with Crippen molar-refractivity contribution < 1.29 is 18.3 Å². The van der Waals surface area contributed by atoms with Crippen LogP contribution in [0.2, 0.25) is 0 Å². The topological polar surface area (TPSA) is 41.6 Å². The van der Waals surface area contributed by atoms with Crippen LogP contribution in [0.4, 0.5) is 8.78 Å². The highest BCUT2D eigenvalue weighted by Gasteiger charge is 2.17. The van der Waals surface area contributed by atoms with Gasteiger partial charge in [-0.15, -0.1) is 12.4 Å². The lowest BCUT2D eigenvalue weighted by Crippen LogP contribution is -2.34. The van der Waals surface area contributed by atoms with Crippen molar-refractivity contribution in [2.45, 2.75) is 13.0 Å². The Labute approximate surface area is 122 Å². The largest absolute Gasteiger partial charge is 0.435 e. The third-order valence-corrected chi connectivity index (χ3v) is 2.93. The number of carbonyl (C=O) groups excluding carboxylic acids is 1. The molecule has 0 radical (unpaired) electrons. The normalized spacial score (nSPS) is 15.4. The molecule has 1 N–H and O–H groups in total. The number of nitrogens with zero attached hydrogens (tertiary/aromatic N) is 1. The van der Waals surface area contributed by atoms with Crippen LogP contribution in [0.15, 0.2) is 24.3 Å². The molecule has 1 amide bonds. The number of nitrogens with one attached hydrogen (secondary N) is 1. The van der Waals surface area contributed by atoms with Crippen LogP contribution in [0.5, 0.6) is 5.75 Å². The molecule has 0 unspecified atom stereocenters. The summed E-state index contributed by atoms with van der Waals surface area (Å²) >= 11 is 0. The summed E-state index contributed by atoms with van der Waals surface area (Å²) in [7, 11) is 0. The average molecular weight is 307 g/mol. The molecule has 0 aliphatic carbocycles. The maximum Gasteiger partial charge on any atom is 0.387 e. The van der Waals surface area contributed by atoms with Gasteiger partial charge in [0.2, 0.25) is 0 Å². The van der Waals surface area contributed by atoms with Gasteiger partial charge in [0.15, 0.2) is 0 Å². The van der Waals surface area contributed by atoms with Gasteiger partial charge in [-0.1, -0.05) is 6.07 Å². The Balaban J connectivity index is 0.00000200. The molecule has 0 bridgehead atoms. The molecule has 2 rings (SSSR count). The fourth-order valence-corrected chi connectivity index (χ4v) is 2.04. The van der Waals surface area contributed by atoms with Gasteiger partial charge in [-0.05, 0) is 31.2 Å². The summed E-state index contributed by atoms with van der Waals surface area (Å²) < 4.78 is 28.6.